The second-order valence-corrected chi connectivity index (χ2v) is 5.70. The zero-order chi connectivity index (χ0) is 13.9. The van der Waals surface area contributed by atoms with E-state index >= 15 is 0 Å². The second-order valence-electron chi connectivity index (χ2n) is 4.64. The average molecular weight is 286 g/mol. The number of β-amino-alcohol motifs (C(OH)–C–C–N with tert-alkyl or cyclic N) is 1. The Kier molecular flexibility index (Phi) is 3.71. The minimum absolute atomic E-state index is 0.0677. The Bertz CT molecular complexity index is 612. The van der Waals surface area contributed by atoms with Crippen LogP contribution in [0.25, 0.3) is 0 Å². The first-order valence-electron chi connectivity index (χ1n) is 6.39. The molecule has 0 atom stereocenters. The standard InChI is InChI=1S/C15H14N2O2S/c18-11-9-17(10-11)15(19)13-7-4-8-16-14(13)20-12-5-2-1-3-6-12/h1-8,11,18H,9-10H2. The van der Waals surface area contributed by atoms with Gasteiger partial charge in [0.25, 0.3) is 5.91 Å². The molecule has 0 bridgehead atoms. The van der Waals surface area contributed by atoms with Gasteiger partial charge in [-0.3, -0.25) is 4.79 Å². The number of likely N-dealkylation sites (tertiary alicyclic amines) is 1. The van der Waals surface area contributed by atoms with E-state index in [4.69, 9.17) is 0 Å². The largest absolute Gasteiger partial charge is 0.389 e. The Labute approximate surface area is 121 Å². The fourth-order valence-electron chi connectivity index (χ4n) is 2.03. The third-order valence-corrected chi connectivity index (χ3v) is 4.14. The van der Waals surface area contributed by atoms with Crippen LogP contribution >= 0.6 is 11.8 Å². The van der Waals surface area contributed by atoms with Crippen molar-refractivity contribution >= 4 is 17.7 Å². The number of amides is 1. The first kappa shape index (κ1) is 13.1. The zero-order valence-electron chi connectivity index (χ0n) is 10.8. The summed E-state index contributed by atoms with van der Waals surface area (Å²) >= 11 is 1.47. The lowest BCUT2D eigenvalue weighted by Crippen LogP contribution is -2.53. The Morgan fingerprint density at radius 1 is 1.20 bits per heavy atom. The maximum Gasteiger partial charge on any atom is 0.256 e. The van der Waals surface area contributed by atoms with Gasteiger partial charge in [0.1, 0.15) is 5.03 Å². The summed E-state index contributed by atoms with van der Waals surface area (Å²) in [5, 5.41) is 10.0. The molecule has 1 aliphatic rings. The molecule has 0 unspecified atom stereocenters. The maximum atomic E-state index is 12.3. The lowest BCUT2D eigenvalue weighted by molar-refractivity contribution is 0.00560. The minimum atomic E-state index is -0.388. The van der Waals surface area contributed by atoms with Crippen LogP contribution in [-0.2, 0) is 0 Å². The molecule has 1 aliphatic heterocycles. The van der Waals surface area contributed by atoms with Crippen molar-refractivity contribution in [3.8, 4) is 0 Å². The monoisotopic (exact) mass is 286 g/mol. The fourth-order valence-corrected chi connectivity index (χ4v) is 2.92. The number of benzene rings is 1. The number of carbonyl (C=O) groups excluding carboxylic acids is 1. The Balaban J connectivity index is 1.83. The average Bonchev–Trinajstić information content (AvgIpc) is 2.45. The Hall–Kier alpha value is -1.85. The molecule has 3 rings (SSSR count). The van der Waals surface area contributed by atoms with Crippen molar-refractivity contribution < 1.29 is 9.90 Å². The van der Waals surface area contributed by atoms with E-state index in [1.807, 2.05) is 30.3 Å². The molecule has 20 heavy (non-hydrogen) atoms. The number of nitrogens with zero attached hydrogens (tertiary/aromatic N) is 2. The Morgan fingerprint density at radius 3 is 2.65 bits per heavy atom. The van der Waals surface area contributed by atoms with Crippen LogP contribution in [0.2, 0.25) is 0 Å². The molecule has 2 aromatic rings. The second kappa shape index (κ2) is 5.64. The highest BCUT2D eigenvalue weighted by Gasteiger charge is 2.30. The molecule has 1 N–H and O–H groups in total. The van der Waals surface area contributed by atoms with Gasteiger partial charge in [0.05, 0.1) is 11.7 Å². The van der Waals surface area contributed by atoms with Crippen LogP contribution in [0, 0.1) is 0 Å². The molecule has 0 saturated carbocycles. The number of carbonyl (C=O) groups is 1. The summed E-state index contributed by atoms with van der Waals surface area (Å²) in [6.45, 7) is 0.812. The number of rotatable bonds is 3. The molecular formula is C15H14N2O2S. The normalized spacial score (nSPS) is 14.9. The molecule has 4 nitrogen and oxygen atoms in total. The van der Waals surface area contributed by atoms with Gasteiger partial charge in [-0.2, -0.15) is 0 Å². The molecule has 1 aromatic carbocycles. The van der Waals surface area contributed by atoms with E-state index in [0.29, 0.717) is 23.7 Å². The number of hydrogen-bond acceptors (Lipinski definition) is 4. The molecule has 1 saturated heterocycles. The summed E-state index contributed by atoms with van der Waals surface area (Å²) in [5.74, 6) is -0.0677. The van der Waals surface area contributed by atoms with Crippen molar-refractivity contribution in [2.24, 2.45) is 0 Å². The zero-order valence-corrected chi connectivity index (χ0v) is 11.6. The van der Waals surface area contributed by atoms with Gasteiger partial charge in [-0.05, 0) is 24.3 Å². The van der Waals surface area contributed by atoms with Crippen molar-refractivity contribution in [3.63, 3.8) is 0 Å². The van der Waals surface area contributed by atoms with Gasteiger partial charge < -0.3 is 10.0 Å². The highest BCUT2D eigenvalue weighted by Crippen LogP contribution is 2.29. The molecule has 1 fully saturated rings. The van der Waals surface area contributed by atoms with Crippen LogP contribution in [0.4, 0.5) is 0 Å². The fraction of sp³-hybridized carbons (Fsp3) is 0.200. The van der Waals surface area contributed by atoms with Gasteiger partial charge in [-0.25, -0.2) is 4.98 Å². The molecule has 5 heteroatoms. The van der Waals surface area contributed by atoms with Crippen LogP contribution in [0.5, 0.6) is 0 Å². The summed E-state index contributed by atoms with van der Waals surface area (Å²) < 4.78 is 0. The predicted molar refractivity (Wildman–Crippen MR) is 76.7 cm³/mol. The predicted octanol–water partition coefficient (Wildman–Crippen LogP) is 2.05. The molecule has 0 spiro atoms. The number of hydrogen-bond donors (Lipinski definition) is 1. The summed E-state index contributed by atoms with van der Waals surface area (Å²) in [6, 6.07) is 13.4. The van der Waals surface area contributed by atoms with E-state index in [9.17, 15) is 9.90 Å². The van der Waals surface area contributed by atoms with Crippen molar-refractivity contribution in [3.05, 3.63) is 54.2 Å². The summed E-state index contributed by atoms with van der Waals surface area (Å²) in [5.41, 5.74) is 0.591. The maximum absolute atomic E-state index is 12.3. The van der Waals surface area contributed by atoms with E-state index in [1.165, 1.54) is 11.8 Å². The highest BCUT2D eigenvalue weighted by molar-refractivity contribution is 7.99. The topological polar surface area (TPSA) is 53.4 Å². The van der Waals surface area contributed by atoms with Crippen molar-refractivity contribution in [1.29, 1.82) is 0 Å². The molecule has 0 radical (unpaired) electrons. The van der Waals surface area contributed by atoms with Gasteiger partial charge in [-0.15, -0.1) is 0 Å². The van der Waals surface area contributed by atoms with Crippen molar-refractivity contribution in [2.45, 2.75) is 16.0 Å². The van der Waals surface area contributed by atoms with Gasteiger partial charge in [-0.1, -0.05) is 30.0 Å². The van der Waals surface area contributed by atoms with Crippen LogP contribution in [-0.4, -0.2) is 40.1 Å². The van der Waals surface area contributed by atoms with Crippen LogP contribution < -0.4 is 0 Å². The molecular weight excluding hydrogens is 272 g/mol. The smallest absolute Gasteiger partial charge is 0.256 e. The first-order valence-corrected chi connectivity index (χ1v) is 7.21. The van der Waals surface area contributed by atoms with Crippen LogP contribution in [0.3, 0.4) is 0 Å². The van der Waals surface area contributed by atoms with Gasteiger partial charge in [0.15, 0.2) is 0 Å². The van der Waals surface area contributed by atoms with Crippen molar-refractivity contribution in [1.82, 2.24) is 9.88 Å². The molecule has 0 aliphatic carbocycles. The lowest BCUT2D eigenvalue weighted by Gasteiger charge is -2.36. The summed E-state index contributed by atoms with van der Waals surface area (Å²) in [7, 11) is 0. The van der Waals surface area contributed by atoms with Gasteiger partial charge in [0, 0.05) is 24.2 Å². The summed E-state index contributed by atoms with van der Waals surface area (Å²) in [6.07, 6.45) is 1.30. The van der Waals surface area contributed by atoms with Crippen molar-refractivity contribution in [2.75, 3.05) is 13.1 Å². The van der Waals surface area contributed by atoms with E-state index in [0.717, 1.165) is 4.90 Å². The molecule has 2 heterocycles. The van der Waals surface area contributed by atoms with Gasteiger partial charge >= 0.3 is 0 Å². The highest BCUT2D eigenvalue weighted by atomic mass is 32.2. The SMILES string of the molecule is O=C(c1cccnc1Sc1ccccc1)N1CC(O)C1. The van der Waals surface area contributed by atoms with E-state index in [2.05, 4.69) is 4.98 Å². The summed E-state index contributed by atoms with van der Waals surface area (Å²) in [4.78, 5) is 19.3. The number of pyridine rings is 1. The van der Waals surface area contributed by atoms with Crippen LogP contribution in [0.1, 0.15) is 10.4 Å². The molecule has 1 amide bonds. The minimum Gasteiger partial charge on any atom is -0.389 e. The number of aliphatic hydroxyl groups is 1. The van der Waals surface area contributed by atoms with E-state index < -0.39 is 0 Å². The van der Waals surface area contributed by atoms with E-state index in [-0.39, 0.29) is 12.0 Å². The number of aromatic nitrogens is 1. The van der Waals surface area contributed by atoms with Crippen LogP contribution in [0.15, 0.2) is 58.6 Å². The Morgan fingerprint density at radius 2 is 1.95 bits per heavy atom. The lowest BCUT2D eigenvalue weighted by atomic mass is 10.1. The molecule has 102 valence electrons. The molecule has 1 aromatic heterocycles. The third kappa shape index (κ3) is 2.69. The van der Waals surface area contributed by atoms with E-state index in [1.54, 1.807) is 23.2 Å². The van der Waals surface area contributed by atoms with Gasteiger partial charge in [0.2, 0.25) is 0 Å². The quantitative estimate of drug-likeness (QED) is 0.938. The number of aliphatic hydroxyl groups excluding tert-OH is 1. The first-order chi connectivity index (χ1) is 9.74. The third-order valence-electron chi connectivity index (χ3n) is 3.11.